The second kappa shape index (κ2) is 7.60. The first-order valence-electron chi connectivity index (χ1n) is 10.9. The molecule has 0 radical (unpaired) electrons. The van der Waals surface area contributed by atoms with E-state index in [1.54, 1.807) is 24.8 Å². The molecular formula is C22H23F3N4O3. The number of alkyl halides is 3. The van der Waals surface area contributed by atoms with Crippen molar-refractivity contribution in [3.8, 4) is 0 Å². The number of hydrogen-bond acceptors (Lipinski definition) is 6. The molecule has 5 rings (SSSR count). The van der Waals surface area contributed by atoms with E-state index in [-0.39, 0.29) is 40.9 Å². The third kappa shape index (κ3) is 3.75. The van der Waals surface area contributed by atoms with Crippen molar-refractivity contribution in [3.63, 3.8) is 0 Å². The minimum absolute atomic E-state index is 0.112. The molecule has 1 atom stereocenters. The molecule has 1 aliphatic carbocycles. The lowest BCUT2D eigenvalue weighted by Gasteiger charge is -2.31. The summed E-state index contributed by atoms with van der Waals surface area (Å²) in [6.45, 7) is 4.28. The highest BCUT2D eigenvalue weighted by Crippen LogP contribution is 2.42. The van der Waals surface area contributed by atoms with Gasteiger partial charge in [-0.05, 0) is 37.7 Å². The largest absolute Gasteiger partial charge is 0.417 e. The summed E-state index contributed by atoms with van der Waals surface area (Å²) < 4.78 is 52.2. The molecule has 1 amide bonds. The van der Waals surface area contributed by atoms with Crippen molar-refractivity contribution in [3.05, 3.63) is 40.5 Å². The van der Waals surface area contributed by atoms with Crippen LogP contribution in [0.15, 0.2) is 21.2 Å². The van der Waals surface area contributed by atoms with Crippen LogP contribution in [0.5, 0.6) is 0 Å². The molecule has 1 aliphatic heterocycles. The summed E-state index contributed by atoms with van der Waals surface area (Å²) in [5.41, 5.74) is -0.183. The third-order valence-electron chi connectivity index (χ3n) is 6.21. The number of carbonyl (C=O) groups is 1. The zero-order chi connectivity index (χ0) is 22.6. The number of aromatic nitrogens is 3. The molecular weight excluding hydrogens is 425 g/mol. The number of amides is 1. The van der Waals surface area contributed by atoms with E-state index in [1.165, 1.54) is 0 Å². The fourth-order valence-corrected chi connectivity index (χ4v) is 4.29. The van der Waals surface area contributed by atoms with Crippen LogP contribution in [0, 0.1) is 0 Å². The summed E-state index contributed by atoms with van der Waals surface area (Å²) in [6.07, 6.45) is -1.28. The Bertz CT molecular complexity index is 1160. The summed E-state index contributed by atoms with van der Waals surface area (Å²) in [6, 6.07) is 2.75. The number of nitrogens with zero attached hydrogens (tertiary/aromatic N) is 4. The van der Waals surface area contributed by atoms with Crippen LogP contribution in [0.25, 0.3) is 11.1 Å². The van der Waals surface area contributed by atoms with Crippen molar-refractivity contribution in [1.82, 2.24) is 20.2 Å². The Morgan fingerprint density at radius 3 is 2.59 bits per heavy atom. The first-order valence-corrected chi connectivity index (χ1v) is 10.9. The molecule has 170 valence electrons. The van der Waals surface area contributed by atoms with Crippen LogP contribution in [0.2, 0.25) is 0 Å². The lowest BCUT2D eigenvalue weighted by Crippen LogP contribution is -2.39. The molecule has 0 unspecified atom stereocenters. The van der Waals surface area contributed by atoms with Crippen LogP contribution in [-0.2, 0) is 6.18 Å². The van der Waals surface area contributed by atoms with Crippen molar-refractivity contribution in [2.24, 2.45) is 0 Å². The molecule has 4 heterocycles. The van der Waals surface area contributed by atoms with Gasteiger partial charge in [0.1, 0.15) is 5.76 Å². The van der Waals surface area contributed by atoms with Crippen LogP contribution in [-0.4, -0.2) is 39.2 Å². The highest BCUT2D eigenvalue weighted by molar-refractivity contribution is 5.92. The molecule has 0 N–H and O–H groups in total. The van der Waals surface area contributed by atoms with E-state index in [2.05, 4.69) is 15.3 Å². The molecule has 0 bridgehead atoms. The van der Waals surface area contributed by atoms with Gasteiger partial charge in [-0.1, -0.05) is 24.2 Å². The average molecular weight is 448 g/mol. The topological polar surface area (TPSA) is 85.3 Å². The second-order valence-electron chi connectivity index (χ2n) is 8.97. The van der Waals surface area contributed by atoms with E-state index in [9.17, 15) is 18.0 Å². The van der Waals surface area contributed by atoms with Gasteiger partial charge in [0.2, 0.25) is 0 Å². The Hall–Kier alpha value is -2.91. The number of halogens is 3. The fraction of sp³-hybridized carbons (Fsp3) is 0.545. The first kappa shape index (κ1) is 21.0. The number of carbonyl (C=O) groups excluding carboxylic acids is 1. The Morgan fingerprint density at radius 2 is 1.91 bits per heavy atom. The Balaban J connectivity index is 1.46. The van der Waals surface area contributed by atoms with Crippen LogP contribution in [0.3, 0.4) is 0 Å². The highest BCUT2D eigenvalue weighted by Gasteiger charge is 2.39. The van der Waals surface area contributed by atoms with Gasteiger partial charge in [-0.25, -0.2) is 4.98 Å². The van der Waals surface area contributed by atoms with Crippen molar-refractivity contribution < 1.29 is 27.0 Å². The average Bonchev–Trinajstić information content (AvgIpc) is 3.33. The van der Waals surface area contributed by atoms with Gasteiger partial charge in [0.05, 0.1) is 16.6 Å². The molecule has 2 fully saturated rings. The van der Waals surface area contributed by atoms with E-state index in [0.29, 0.717) is 36.8 Å². The summed E-state index contributed by atoms with van der Waals surface area (Å²) in [5, 5.41) is 7.78. The predicted molar refractivity (Wildman–Crippen MR) is 107 cm³/mol. The van der Waals surface area contributed by atoms with E-state index in [1.807, 2.05) is 0 Å². The van der Waals surface area contributed by atoms with Crippen LogP contribution < -0.4 is 0 Å². The summed E-state index contributed by atoms with van der Waals surface area (Å²) >= 11 is 0. The maximum absolute atomic E-state index is 13.9. The van der Waals surface area contributed by atoms with Gasteiger partial charge in [0.25, 0.3) is 11.6 Å². The smallest absolute Gasteiger partial charge is 0.360 e. The van der Waals surface area contributed by atoms with Gasteiger partial charge in [0, 0.05) is 36.7 Å². The number of likely N-dealkylation sites (tertiary alicyclic amines) is 1. The predicted octanol–water partition coefficient (Wildman–Crippen LogP) is 5.25. The third-order valence-corrected chi connectivity index (χ3v) is 6.21. The number of pyridine rings is 1. The van der Waals surface area contributed by atoms with E-state index in [0.717, 1.165) is 18.9 Å². The molecule has 7 nitrogen and oxygen atoms in total. The molecule has 2 aliphatic rings. The normalized spacial score (nSPS) is 19.8. The van der Waals surface area contributed by atoms with E-state index in [4.69, 9.17) is 9.05 Å². The maximum Gasteiger partial charge on any atom is 0.417 e. The Labute approximate surface area is 181 Å². The van der Waals surface area contributed by atoms with Crippen LogP contribution in [0.1, 0.15) is 90.5 Å². The lowest BCUT2D eigenvalue weighted by molar-refractivity contribution is -0.136. The monoisotopic (exact) mass is 448 g/mol. The lowest BCUT2D eigenvalue weighted by atomic mass is 9.91. The second-order valence-corrected chi connectivity index (χ2v) is 8.97. The maximum atomic E-state index is 13.9. The van der Waals surface area contributed by atoms with E-state index < -0.39 is 17.7 Å². The minimum Gasteiger partial charge on any atom is -0.360 e. The van der Waals surface area contributed by atoms with Crippen molar-refractivity contribution in [2.45, 2.75) is 63.5 Å². The van der Waals surface area contributed by atoms with Crippen molar-refractivity contribution >= 4 is 17.0 Å². The number of piperidine rings is 1. The molecule has 0 aromatic carbocycles. The van der Waals surface area contributed by atoms with Gasteiger partial charge < -0.3 is 13.9 Å². The SMILES string of the molecule is CC(C)c1cc(C(F)(F)F)c2c([C@@H]3CCCN(C(=O)c4cc(C5CC5)on4)C3)noc2n1. The van der Waals surface area contributed by atoms with Crippen molar-refractivity contribution in [1.29, 1.82) is 0 Å². The Morgan fingerprint density at radius 1 is 1.12 bits per heavy atom. The first-order chi connectivity index (χ1) is 15.2. The fourth-order valence-electron chi connectivity index (χ4n) is 4.29. The minimum atomic E-state index is -4.57. The van der Waals surface area contributed by atoms with Gasteiger partial charge >= 0.3 is 6.18 Å². The quantitative estimate of drug-likeness (QED) is 0.542. The molecule has 3 aromatic rings. The number of hydrogen-bond donors (Lipinski definition) is 0. The van der Waals surface area contributed by atoms with Crippen LogP contribution in [0.4, 0.5) is 13.2 Å². The Kier molecular flexibility index (Phi) is 4.98. The highest BCUT2D eigenvalue weighted by atomic mass is 19.4. The van der Waals surface area contributed by atoms with Gasteiger partial charge in [0.15, 0.2) is 5.69 Å². The van der Waals surface area contributed by atoms with Gasteiger partial charge in [-0.15, -0.1) is 0 Å². The zero-order valence-corrected chi connectivity index (χ0v) is 17.8. The number of rotatable bonds is 4. The number of fused-ring (bicyclic) bond motifs is 1. The van der Waals surface area contributed by atoms with Crippen LogP contribution >= 0.6 is 0 Å². The van der Waals surface area contributed by atoms with Gasteiger partial charge in [-0.3, -0.25) is 4.79 Å². The summed E-state index contributed by atoms with van der Waals surface area (Å²) in [4.78, 5) is 18.8. The molecule has 3 aromatic heterocycles. The molecule has 1 saturated carbocycles. The molecule has 10 heteroatoms. The summed E-state index contributed by atoms with van der Waals surface area (Å²) in [7, 11) is 0. The summed E-state index contributed by atoms with van der Waals surface area (Å²) in [5.74, 6) is 0.181. The molecule has 0 spiro atoms. The molecule has 32 heavy (non-hydrogen) atoms. The molecule has 1 saturated heterocycles. The van der Waals surface area contributed by atoms with Crippen molar-refractivity contribution in [2.75, 3.05) is 13.1 Å². The zero-order valence-electron chi connectivity index (χ0n) is 17.8. The van der Waals surface area contributed by atoms with Gasteiger partial charge in [-0.2, -0.15) is 13.2 Å². The standard InChI is InChI=1S/C22H23F3N4O3/c1-11(2)15-8-14(22(23,24)25)18-19(28-32-20(18)26-15)13-4-3-7-29(10-13)21(30)16-9-17(31-27-16)12-5-6-12/h8-9,11-13H,3-7,10H2,1-2H3/t13-/m1/s1. The van der Waals surface area contributed by atoms with E-state index >= 15 is 0 Å².